The summed E-state index contributed by atoms with van der Waals surface area (Å²) in [6.45, 7) is 0.149. The van der Waals surface area contributed by atoms with E-state index in [1.54, 1.807) is 42.5 Å². The first-order chi connectivity index (χ1) is 10.0. The molecule has 21 heavy (non-hydrogen) atoms. The van der Waals surface area contributed by atoms with Crippen LogP contribution in [0.15, 0.2) is 42.5 Å². The number of aliphatic carboxylic acids is 1. The lowest BCUT2D eigenvalue weighted by molar-refractivity contribution is -0.143. The van der Waals surface area contributed by atoms with Crippen LogP contribution in [0.5, 0.6) is 11.5 Å². The second-order valence-corrected chi connectivity index (χ2v) is 5.47. The summed E-state index contributed by atoms with van der Waals surface area (Å²) in [6.07, 6.45) is 0. The molecule has 0 bridgehead atoms. The van der Waals surface area contributed by atoms with E-state index in [9.17, 15) is 4.79 Å². The normalized spacial score (nSPS) is 20.1. The maximum Gasteiger partial charge on any atom is 0.343 e. The molecule has 1 atom stereocenters. The standard InChI is InChI=1S/C15H10Cl2O4/c16-10-2-4-11(5-3-10)21-13-6-1-9(7-12(13)17)15(8-20-15)14(18)19/h1-7H,8H2,(H,18,19). The predicted octanol–water partition coefficient (Wildman–Crippen LogP) is 4.10. The number of ether oxygens (including phenoxy) is 2. The summed E-state index contributed by atoms with van der Waals surface area (Å²) in [5.41, 5.74) is -0.758. The summed E-state index contributed by atoms with van der Waals surface area (Å²) in [7, 11) is 0. The summed E-state index contributed by atoms with van der Waals surface area (Å²) in [5, 5.41) is 10.1. The summed E-state index contributed by atoms with van der Waals surface area (Å²) in [6, 6.07) is 11.7. The van der Waals surface area contributed by atoms with Crippen molar-refractivity contribution in [3.63, 3.8) is 0 Å². The molecule has 0 saturated carbocycles. The van der Waals surface area contributed by atoms with Gasteiger partial charge in [-0.2, -0.15) is 0 Å². The minimum Gasteiger partial charge on any atom is -0.479 e. The smallest absolute Gasteiger partial charge is 0.343 e. The van der Waals surface area contributed by atoms with Crippen molar-refractivity contribution in [1.29, 1.82) is 0 Å². The average molecular weight is 325 g/mol. The Balaban J connectivity index is 1.85. The summed E-state index contributed by atoms with van der Waals surface area (Å²) >= 11 is 12.0. The second kappa shape index (κ2) is 5.22. The molecule has 0 amide bonds. The highest BCUT2D eigenvalue weighted by Gasteiger charge is 2.54. The summed E-state index contributed by atoms with van der Waals surface area (Å²) < 4.78 is 10.7. The molecular formula is C15H10Cl2O4. The number of hydrogen-bond acceptors (Lipinski definition) is 3. The van der Waals surface area contributed by atoms with Crippen LogP contribution in [0.1, 0.15) is 5.56 Å². The van der Waals surface area contributed by atoms with Gasteiger partial charge in [0.2, 0.25) is 5.60 Å². The topological polar surface area (TPSA) is 59.1 Å². The van der Waals surface area contributed by atoms with Crippen molar-refractivity contribution in [2.45, 2.75) is 5.60 Å². The number of carboxylic acids is 1. The van der Waals surface area contributed by atoms with Crippen molar-refractivity contribution in [3.8, 4) is 11.5 Å². The van der Waals surface area contributed by atoms with Crippen molar-refractivity contribution in [2.75, 3.05) is 6.61 Å². The van der Waals surface area contributed by atoms with Crippen LogP contribution in [0, 0.1) is 0 Å². The van der Waals surface area contributed by atoms with Gasteiger partial charge in [0.1, 0.15) is 11.5 Å². The van der Waals surface area contributed by atoms with Crippen LogP contribution in [-0.2, 0) is 15.1 Å². The highest BCUT2D eigenvalue weighted by molar-refractivity contribution is 6.32. The Morgan fingerprint density at radius 3 is 2.38 bits per heavy atom. The Kier molecular flexibility index (Phi) is 3.53. The largest absolute Gasteiger partial charge is 0.479 e. The Bertz CT molecular complexity index is 693. The molecular weight excluding hydrogens is 315 g/mol. The fourth-order valence-corrected chi connectivity index (χ4v) is 2.30. The number of halogens is 2. The minimum absolute atomic E-state index is 0.149. The number of epoxide rings is 1. The van der Waals surface area contributed by atoms with Gasteiger partial charge < -0.3 is 14.6 Å². The molecule has 3 rings (SSSR count). The van der Waals surface area contributed by atoms with E-state index in [2.05, 4.69) is 0 Å². The SMILES string of the molecule is O=C(O)C1(c2ccc(Oc3ccc(Cl)cc3)c(Cl)c2)CO1. The van der Waals surface area contributed by atoms with Crippen molar-refractivity contribution >= 4 is 29.2 Å². The first-order valence-corrected chi connectivity index (χ1v) is 6.88. The minimum atomic E-state index is -1.26. The van der Waals surface area contributed by atoms with E-state index >= 15 is 0 Å². The van der Waals surface area contributed by atoms with Crippen molar-refractivity contribution in [2.24, 2.45) is 0 Å². The van der Waals surface area contributed by atoms with Gasteiger partial charge in [0.15, 0.2) is 0 Å². The molecule has 6 heteroatoms. The maximum atomic E-state index is 11.2. The van der Waals surface area contributed by atoms with Gasteiger partial charge in [-0.05, 0) is 42.0 Å². The van der Waals surface area contributed by atoms with E-state index in [0.717, 1.165) is 0 Å². The molecule has 1 aliphatic rings. The third kappa shape index (κ3) is 2.70. The van der Waals surface area contributed by atoms with Gasteiger partial charge in [0.05, 0.1) is 11.6 Å². The number of hydrogen-bond donors (Lipinski definition) is 1. The molecule has 108 valence electrons. The van der Waals surface area contributed by atoms with E-state index in [1.807, 2.05) is 0 Å². The van der Waals surface area contributed by atoms with Gasteiger partial charge in [0, 0.05) is 5.02 Å². The molecule has 1 saturated heterocycles. The number of carboxylic acid groups (broad SMARTS) is 1. The molecule has 1 unspecified atom stereocenters. The lowest BCUT2D eigenvalue weighted by atomic mass is 10.0. The quantitative estimate of drug-likeness (QED) is 0.860. The zero-order valence-electron chi connectivity index (χ0n) is 10.7. The highest BCUT2D eigenvalue weighted by atomic mass is 35.5. The Morgan fingerprint density at radius 1 is 1.19 bits per heavy atom. The van der Waals surface area contributed by atoms with E-state index in [1.165, 1.54) is 0 Å². The van der Waals surface area contributed by atoms with Crippen LogP contribution < -0.4 is 4.74 Å². The molecule has 4 nitrogen and oxygen atoms in total. The second-order valence-electron chi connectivity index (χ2n) is 4.62. The van der Waals surface area contributed by atoms with Crippen LogP contribution in [-0.4, -0.2) is 17.7 Å². The van der Waals surface area contributed by atoms with E-state index in [-0.39, 0.29) is 6.61 Å². The zero-order valence-corrected chi connectivity index (χ0v) is 12.2. The molecule has 0 spiro atoms. The Morgan fingerprint density at radius 2 is 1.86 bits per heavy atom. The molecule has 1 fully saturated rings. The van der Waals surface area contributed by atoms with Gasteiger partial charge in [-0.1, -0.05) is 29.3 Å². The third-order valence-corrected chi connectivity index (χ3v) is 3.77. The average Bonchev–Trinajstić information content (AvgIpc) is 3.25. The molecule has 1 N–H and O–H groups in total. The molecule has 2 aromatic rings. The van der Waals surface area contributed by atoms with Crippen LogP contribution in [0.3, 0.4) is 0 Å². The Hall–Kier alpha value is -1.75. The van der Waals surface area contributed by atoms with Gasteiger partial charge in [0.25, 0.3) is 0 Å². The van der Waals surface area contributed by atoms with Crippen molar-refractivity contribution in [1.82, 2.24) is 0 Å². The molecule has 0 radical (unpaired) electrons. The third-order valence-electron chi connectivity index (χ3n) is 3.22. The fourth-order valence-electron chi connectivity index (χ4n) is 1.95. The van der Waals surface area contributed by atoms with E-state index in [0.29, 0.717) is 27.1 Å². The molecule has 1 heterocycles. The number of rotatable bonds is 4. The van der Waals surface area contributed by atoms with Gasteiger partial charge in [-0.15, -0.1) is 0 Å². The van der Waals surface area contributed by atoms with Crippen LogP contribution in [0.25, 0.3) is 0 Å². The Labute approximate surface area is 130 Å². The number of carbonyl (C=O) groups is 1. The number of benzene rings is 2. The van der Waals surface area contributed by atoms with Crippen molar-refractivity contribution < 1.29 is 19.4 Å². The molecule has 2 aromatic carbocycles. The van der Waals surface area contributed by atoms with Gasteiger partial charge in [-0.3, -0.25) is 0 Å². The lowest BCUT2D eigenvalue weighted by Crippen LogP contribution is -2.21. The summed E-state index contributed by atoms with van der Waals surface area (Å²) in [5.74, 6) is -0.00136. The van der Waals surface area contributed by atoms with Crippen LogP contribution in [0.2, 0.25) is 10.0 Å². The molecule has 0 aromatic heterocycles. The highest BCUT2D eigenvalue weighted by Crippen LogP contribution is 2.42. The maximum absolute atomic E-state index is 11.2. The zero-order chi connectivity index (χ0) is 15.0. The molecule has 1 aliphatic heterocycles. The lowest BCUT2D eigenvalue weighted by Gasteiger charge is -2.11. The van der Waals surface area contributed by atoms with Crippen LogP contribution >= 0.6 is 23.2 Å². The summed E-state index contributed by atoms with van der Waals surface area (Å²) in [4.78, 5) is 11.2. The molecule has 0 aliphatic carbocycles. The first-order valence-electron chi connectivity index (χ1n) is 6.12. The van der Waals surface area contributed by atoms with Crippen molar-refractivity contribution in [3.05, 3.63) is 58.1 Å². The first kappa shape index (κ1) is 14.2. The van der Waals surface area contributed by atoms with Crippen LogP contribution in [0.4, 0.5) is 0 Å². The van der Waals surface area contributed by atoms with E-state index in [4.69, 9.17) is 37.8 Å². The van der Waals surface area contributed by atoms with E-state index < -0.39 is 11.6 Å². The fraction of sp³-hybridized carbons (Fsp3) is 0.133. The van der Waals surface area contributed by atoms with Gasteiger partial charge >= 0.3 is 5.97 Å². The van der Waals surface area contributed by atoms with Gasteiger partial charge in [-0.25, -0.2) is 4.79 Å². The predicted molar refractivity (Wildman–Crippen MR) is 78.2 cm³/mol. The monoisotopic (exact) mass is 324 g/mol.